The van der Waals surface area contributed by atoms with Crippen LogP contribution in [0.4, 0.5) is 4.79 Å². The van der Waals surface area contributed by atoms with Crippen LogP contribution in [0.25, 0.3) is 20.9 Å². The van der Waals surface area contributed by atoms with E-state index in [0.717, 1.165) is 0 Å². The van der Waals surface area contributed by atoms with Crippen molar-refractivity contribution in [2.75, 3.05) is 26.2 Å². The molecule has 14 heteroatoms. The zero-order valence-corrected chi connectivity index (χ0v) is 15.5. The van der Waals surface area contributed by atoms with Crippen LogP contribution in [0.2, 0.25) is 0 Å². The number of rotatable bonds is 8. The number of carbonyl (C=O) groups excluding carboxylic acids is 2. The summed E-state index contributed by atoms with van der Waals surface area (Å²) in [5, 5.41) is 17.8. The molecule has 0 saturated carbocycles. The number of carboxylic acids is 1. The molecule has 27 heavy (non-hydrogen) atoms. The number of fused-ring (bicyclic) bond motifs is 1. The second-order valence-electron chi connectivity index (χ2n) is 6.42. The van der Waals surface area contributed by atoms with E-state index in [1.807, 2.05) is 0 Å². The van der Waals surface area contributed by atoms with Gasteiger partial charge < -0.3 is 15.3 Å². The van der Waals surface area contributed by atoms with Crippen LogP contribution in [0.1, 0.15) is 13.8 Å². The van der Waals surface area contributed by atoms with Gasteiger partial charge >= 0.3 is 12.0 Å². The fraction of sp³-hybridized carbons (Fsp3) is 0.769. The number of aliphatic carboxylic acids is 1. The molecule has 3 atom stereocenters. The third kappa shape index (κ3) is 4.13. The fourth-order valence-corrected chi connectivity index (χ4v) is 4.80. The maximum absolute atomic E-state index is 13.2. The number of carboxylic acid groups (broad SMARTS) is 1. The Balaban J connectivity index is 2.28. The monoisotopic (exact) mass is 397 g/mol. The van der Waals surface area contributed by atoms with Gasteiger partial charge in [0.2, 0.25) is 5.91 Å². The Hall–Kier alpha value is -2.82. The first-order valence-electron chi connectivity index (χ1n) is 8.04. The quantitative estimate of drug-likeness (QED) is 0.352. The van der Waals surface area contributed by atoms with E-state index >= 15 is 0 Å². The van der Waals surface area contributed by atoms with Crippen molar-refractivity contribution in [1.82, 2.24) is 15.1 Å². The molecule has 2 fully saturated rings. The van der Waals surface area contributed by atoms with E-state index in [-0.39, 0.29) is 26.2 Å². The minimum atomic E-state index is -1.17. The summed E-state index contributed by atoms with van der Waals surface area (Å²) in [6.45, 7) is 3.75. The van der Waals surface area contributed by atoms with E-state index < -0.39 is 40.1 Å². The molecule has 13 nitrogen and oxygen atoms in total. The Morgan fingerprint density at radius 3 is 2.33 bits per heavy atom. The molecular weight excluding hydrogens is 378 g/mol. The van der Waals surface area contributed by atoms with E-state index in [9.17, 15) is 19.5 Å². The van der Waals surface area contributed by atoms with Crippen molar-refractivity contribution in [2.24, 2.45) is 10.2 Å². The normalized spacial score (nSPS) is 25.0. The van der Waals surface area contributed by atoms with Crippen molar-refractivity contribution >= 4 is 29.7 Å². The summed E-state index contributed by atoms with van der Waals surface area (Å²) < 4.78 is -0.734. The van der Waals surface area contributed by atoms with Gasteiger partial charge in [-0.1, -0.05) is 10.2 Å². The van der Waals surface area contributed by atoms with Crippen LogP contribution in [0.5, 0.6) is 0 Å². The van der Waals surface area contributed by atoms with Gasteiger partial charge in [0.25, 0.3) is 0 Å². The highest BCUT2D eigenvalue weighted by molar-refractivity contribution is 8.01. The van der Waals surface area contributed by atoms with Gasteiger partial charge in [-0.2, -0.15) is 0 Å². The number of azide groups is 2. The van der Waals surface area contributed by atoms with Gasteiger partial charge in [0.15, 0.2) is 6.04 Å². The lowest BCUT2D eigenvalue weighted by Gasteiger charge is -2.34. The summed E-state index contributed by atoms with van der Waals surface area (Å²) in [7, 11) is 0. The Bertz CT molecular complexity index is 709. The van der Waals surface area contributed by atoms with Crippen molar-refractivity contribution in [3.63, 3.8) is 0 Å². The highest BCUT2D eigenvalue weighted by atomic mass is 32.2. The topological polar surface area (TPSA) is 187 Å². The summed E-state index contributed by atoms with van der Waals surface area (Å²) in [6, 6.07) is -2.64. The van der Waals surface area contributed by atoms with Crippen LogP contribution in [0.15, 0.2) is 10.2 Å². The van der Waals surface area contributed by atoms with Crippen LogP contribution in [0.3, 0.4) is 0 Å². The lowest BCUT2D eigenvalue weighted by Crippen LogP contribution is -2.55. The molecule has 3 unspecified atom stereocenters. The molecule has 0 bridgehead atoms. The summed E-state index contributed by atoms with van der Waals surface area (Å²) in [5.74, 6) is -1.59. The van der Waals surface area contributed by atoms with Crippen LogP contribution < -0.4 is 5.32 Å². The minimum absolute atomic E-state index is 0.0200. The first-order valence-corrected chi connectivity index (χ1v) is 8.92. The maximum atomic E-state index is 13.2. The minimum Gasteiger partial charge on any atom is -0.480 e. The Kier molecular flexibility index (Phi) is 6.26. The molecule has 0 aromatic rings. The molecule has 2 saturated heterocycles. The largest absolute Gasteiger partial charge is 0.480 e. The molecule has 2 aliphatic rings. The number of amides is 3. The molecule has 0 spiro atoms. The second-order valence-corrected chi connectivity index (χ2v) is 8.19. The van der Waals surface area contributed by atoms with Gasteiger partial charge in [0, 0.05) is 40.7 Å². The van der Waals surface area contributed by atoms with Crippen LogP contribution >= 0.6 is 11.8 Å². The summed E-state index contributed by atoms with van der Waals surface area (Å²) in [6.07, 6.45) is 0. The van der Waals surface area contributed by atoms with Crippen molar-refractivity contribution < 1.29 is 19.5 Å². The molecule has 0 aromatic carbocycles. The zero-order chi connectivity index (χ0) is 20.2. The number of nitrogens with zero attached hydrogens (tertiary/aromatic N) is 8. The van der Waals surface area contributed by atoms with E-state index in [1.165, 1.54) is 21.6 Å². The zero-order valence-electron chi connectivity index (χ0n) is 14.7. The number of carbonyl (C=O) groups is 3. The number of hydrogen-bond donors (Lipinski definition) is 2. The van der Waals surface area contributed by atoms with Crippen molar-refractivity contribution in [3.8, 4) is 0 Å². The number of nitrogens with one attached hydrogen (secondary N) is 1. The van der Waals surface area contributed by atoms with E-state index in [0.29, 0.717) is 0 Å². The Morgan fingerprint density at radius 2 is 1.85 bits per heavy atom. The first-order chi connectivity index (χ1) is 12.7. The molecule has 0 radical (unpaired) electrons. The highest BCUT2D eigenvalue weighted by Crippen LogP contribution is 2.48. The van der Waals surface area contributed by atoms with Crippen molar-refractivity contribution in [1.29, 1.82) is 0 Å². The molecule has 2 rings (SSSR count). The van der Waals surface area contributed by atoms with Gasteiger partial charge in [0.1, 0.15) is 11.4 Å². The smallest absolute Gasteiger partial charge is 0.329 e. The van der Waals surface area contributed by atoms with Gasteiger partial charge in [-0.05, 0) is 24.9 Å². The second kappa shape index (κ2) is 8.25. The lowest BCUT2D eigenvalue weighted by atomic mass is 10.00. The van der Waals surface area contributed by atoms with Crippen LogP contribution in [-0.2, 0) is 9.59 Å². The molecule has 2 N–H and O–H groups in total. The Morgan fingerprint density at radius 1 is 1.30 bits per heavy atom. The first kappa shape index (κ1) is 20.5. The maximum Gasteiger partial charge on any atom is 0.329 e. The molecule has 2 aliphatic heterocycles. The summed E-state index contributed by atoms with van der Waals surface area (Å²) in [5.41, 5.74) is 16.9. The lowest BCUT2D eigenvalue weighted by molar-refractivity contribution is -0.140. The van der Waals surface area contributed by atoms with Crippen LogP contribution in [-0.4, -0.2) is 81.2 Å². The number of urea groups is 1. The highest BCUT2D eigenvalue weighted by Gasteiger charge is 2.60. The standard InChI is InChI=1S/C13H19N9O4S/c1-13(2)8(22-10(27-13)7(11(24)25)18-12(22)26)9(23)21(5-3-16-19-14)6-4-17-20-15/h7-8,10H,3-6H2,1-2H3,(H,18,26)(H,24,25). The van der Waals surface area contributed by atoms with Gasteiger partial charge in [0.05, 0.1) is 0 Å². The van der Waals surface area contributed by atoms with Crippen molar-refractivity contribution in [3.05, 3.63) is 20.9 Å². The average Bonchev–Trinajstić information content (AvgIpc) is 3.05. The number of hydrogen-bond acceptors (Lipinski definition) is 6. The van der Waals surface area contributed by atoms with E-state index in [1.54, 1.807) is 13.8 Å². The molecule has 0 aromatic heterocycles. The third-order valence-corrected chi connectivity index (χ3v) is 5.88. The van der Waals surface area contributed by atoms with Crippen molar-refractivity contribution in [2.45, 2.75) is 36.1 Å². The molecule has 146 valence electrons. The predicted molar refractivity (Wildman–Crippen MR) is 95.6 cm³/mol. The third-order valence-electron chi connectivity index (χ3n) is 4.31. The number of thioether (sulfide) groups is 1. The SMILES string of the molecule is CC1(C)SC2C(C(=O)O)NC(=O)N2C1C(=O)N(CCN=[N+]=[N-])CCN=[N+]=[N-]. The molecule has 2 heterocycles. The molecular formula is C13H19N9O4S. The predicted octanol–water partition coefficient (Wildman–Crippen LogP) is 1.13. The summed E-state index contributed by atoms with van der Waals surface area (Å²) >= 11 is 1.24. The summed E-state index contributed by atoms with van der Waals surface area (Å²) in [4.78, 5) is 44.9. The van der Waals surface area contributed by atoms with E-state index in [4.69, 9.17) is 11.1 Å². The van der Waals surface area contributed by atoms with Gasteiger partial charge in [-0.3, -0.25) is 9.69 Å². The van der Waals surface area contributed by atoms with Gasteiger partial charge in [-0.25, -0.2) is 9.59 Å². The van der Waals surface area contributed by atoms with Crippen LogP contribution in [0, 0.1) is 0 Å². The van der Waals surface area contributed by atoms with E-state index in [2.05, 4.69) is 25.4 Å². The fourth-order valence-electron chi connectivity index (χ4n) is 3.18. The molecule has 3 amide bonds. The van der Waals surface area contributed by atoms with Gasteiger partial charge in [-0.15, -0.1) is 11.8 Å². The average molecular weight is 397 g/mol. The molecule has 0 aliphatic carbocycles. The Labute approximate surface area is 158 Å².